The minimum atomic E-state index is -1.07. The average Bonchev–Trinajstić information content (AvgIpc) is 3.61. The van der Waals surface area contributed by atoms with Crippen molar-refractivity contribution in [1.82, 2.24) is 25.5 Å². The summed E-state index contributed by atoms with van der Waals surface area (Å²) >= 11 is 0. The van der Waals surface area contributed by atoms with Crippen molar-refractivity contribution in [3.63, 3.8) is 0 Å². The van der Waals surface area contributed by atoms with Gasteiger partial charge in [0.15, 0.2) is 6.04 Å². The zero-order valence-corrected chi connectivity index (χ0v) is 22.4. The molecule has 10 nitrogen and oxygen atoms in total. The van der Waals surface area contributed by atoms with E-state index in [0.717, 1.165) is 36.9 Å². The van der Waals surface area contributed by atoms with Crippen LogP contribution >= 0.6 is 0 Å². The maximum atomic E-state index is 14.0. The van der Waals surface area contributed by atoms with Crippen LogP contribution in [-0.2, 0) is 16.1 Å². The standard InChI is InChI=1S/C29H31FN6O4/c1-19-8-17-25(40-19)27(29(38)31-22-6-4-3-5-7-22)36(23-13-15-24(39-2)16-14-23)26(37)18-35-33-28(32-34-35)20-9-11-21(30)12-10-20/h8-17,22,27H,3-7,18H2,1-2H3,(H,31,38)/t27-/m0/s1. The molecule has 0 unspecified atom stereocenters. The number of benzene rings is 2. The van der Waals surface area contributed by atoms with Crippen LogP contribution in [0, 0.1) is 12.7 Å². The minimum Gasteiger partial charge on any atom is -0.497 e. The Morgan fingerprint density at radius 3 is 2.45 bits per heavy atom. The van der Waals surface area contributed by atoms with E-state index in [1.54, 1.807) is 50.4 Å². The van der Waals surface area contributed by atoms with Gasteiger partial charge in [-0.3, -0.25) is 14.5 Å². The molecule has 0 radical (unpaired) electrons. The Balaban J connectivity index is 1.48. The molecule has 1 aliphatic rings. The van der Waals surface area contributed by atoms with E-state index in [9.17, 15) is 14.0 Å². The Kier molecular flexibility index (Phi) is 8.18. The molecule has 1 atom stereocenters. The monoisotopic (exact) mass is 546 g/mol. The summed E-state index contributed by atoms with van der Waals surface area (Å²) in [5.41, 5.74) is 1.03. The Bertz CT molecular complexity index is 1440. The van der Waals surface area contributed by atoms with Crippen LogP contribution in [0.3, 0.4) is 0 Å². The second kappa shape index (κ2) is 12.1. The fraction of sp³-hybridized carbons (Fsp3) is 0.345. The number of nitrogens with zero attached hydrogens (tertiary/aromatic N) is 5. The number of anilines is 1. The van der Waals surface area contributed by atoms with Gasteiger partial charge < -0.3 is 14.5 Å². The molecule has 4 aromatic rings. The van der Waals surface area contributed by atoms with Crippen LogP contribution in [0.1, 0.15) is 49.7 Å². The molecule has 2 amide bonds. The van der Waals surface area contributed by atoms with Gasteiger partial charge in [-0.05, 0) is 85.6 Å². The smallest absolute Gasteiger partial charge is 0.251 e. The maximum absolute atomic E-state index is 14.0. The van der Waals surface area contributed by atoms with Gasteiger partial charge in [-0.25, -0.2) is 4.39 Å². The molecule has 1 fully saturated rings. The fourth-order valence-corrected chi connectivity index (χ4v) is 4.90. The van der Waals surface area contributed by atoms with Crippen LogP contribution in [0.15, 0.2) is 65.1 Å². The Hall–Kier alpha value is -4.54. The zero-order valence-electron chi connectivity index (χ0n) is 22.4. The maximum Gasteiger partial charge on any atom is 0.251 e. The van der Waals surface area contributed by atoms with Gasteiger partial charge in [0.05, 0.1) is 7.11 Å². The van der Waals surface area contributed by atoms with Crippen molar-refractivity contribution in [3.05, 3.63) is 78.0 Å². The molecule has 2 heterocycles. The SMILES string of the molecule is COc1ccc(N(C(=O)Cn2nnc(-c3ccc(F)cc3)n2)[C@H](C(=O)NC2CCCCC2)c2ccc(C)o2)cc1. The number of carbonyl (C=O) groups is 2. The molecular weight excluding hydrogens is 515 g/mol. The van der Waals surface area contributed by atoms with Gasteiger partial charge >= 0.3 is 0 Å². The number of hydrogen-bond acceptors (Lipinski definition) is 7. The van der Waals surface area contributed by atoms with Crippen molar-refractivity contribution >= 4 is 17.5 Å². The number of tetrazole rings is 1. The van der Waals surface area contributed by atoms with Crippen molar-refractivity contribution in [2.75, 3.05) is 12.0 Å². The van der Waals surface area contributed by atoms with Crippen LogP contribution < -0.4 is 15.0 Å². The van der Waals surface area contributed by atoms with Crippen molar-refractivity contribution in [2.24, 2.45) is 0 Å². The van der Waals surface area contributed by atoms with Crippen LogP contribution in [0.2, 0.25) is 0 Å². The van der Waals surface area contributed by atoms with E-state index in [0.29, 0.717) is 28.5 Å². The quantitative estimate of drug-likeness (QED) is 0.326. The lowest BCUT2D eigenvalue weighted by Crippen LogP contribution is -2.48. The highest BCUT2D eigenvalue weighted by Crippen LogP contribution is 2.31. The average molecular weight is 547 g/mol. The van der Waals surface area contributed by atoms with Crippen molar-refractivity contribution in [1.29, 1.82) is 0 Å². The Morgan fingerprint density at radius 1 is 1.07 bits per heavy atom. The summed E-state index contributed by atoms with van der Waals surface area (Å²) in [6.07, 6.45) is 5.02. The van der Waals surface area contributed by atoms with Crippen molar-refractivity contribution in [2.45, 2.75) is 57.7 Å². The molecule has 5 rings (SSSR count). The van der Waals surface area contributed by atoms with Crippen molar-refractivity contribution in [3.8, 4) is 17.1 Å². The molecule has 208 valence electrons. The summed E-state index contributed by atoms with van der Waals surface area (Å²) in [6.45, 7) is 1.49. The normalized spacial score (nSPS) is 14.5. The van der Waals surface area contributed by atoms with E-state index in [-0.39, 0.29) is 30.1 Å². The Labute approximate surface area is 231 Å². The van der Waals surface area contributed by atoms with Crippen LogP contribution in [-0.4, -0.2) is 45.2 Å². The van der Waals surface area contributed by atoms with E-state index in [2.05, 4.69) is 20.7 Å². The summed E-state index contributed by atoms with van der Waals surface area (Å²) in [5.74, 6) is 0.650. The van der Waals surface area contributed by atoms with E-state index in [1.165, 1.54) is 29.2 Å². The summed E-state index contributed by atoms with van der Waals surface area (Å²) < 4.78 is 24.6. The van der Waals surface area contributed by atoms with Crippen molar-refractivity contribution < 1.29 is 23.1 Å². The zero-order chi connectivity index (χ0) is 28.1. The van der Waals surface area contributed by atoms with Gasteiger partial charge in [-0.2, -0.15) is 4.80 Å². The summed E-state index contributed by atoms with van der Waals surface area (Å²) in [6, 6.07) is 15.0. The first-order valence-corrected chi connectivity index (χ1v) is 13.3. The first-order valence-electron chi connectivity index (χ1n) is 13.3. The number of halogens is 1. The molecule has 1 N–H and O–H groups in total. The number of aryl methyl sites for hydroxylation is 1. The second-order valence-electron chi connectivity index (χ2n) is 9.81. The molecule has 0 saturated heterocycles. The van der Waals surface area contributed by atoms with Gasteiger partial charge in [0, 0.05) is 17.3 Å². The number of amides is 2. The predicted molar refractivity (Wildman–Crippen MR) is 145 cm³/mol. The molecule has 0 bridgehead atoms. The Morgan fingerprint density at radius 2 is 1.80 bits per heavy atom. The highest BCUT2D eigenvalue weighted by Gasteiger charge is 2.36. The summed E-state index contributed by atoms with van der Waals surface area (Å²) in [5, 5.41) is 15.5. The molecular formula is C29H31FN6O4. The third-order valence-electron chi connectivity index (χ3n) is 6.94. The summed E-state index contributed by atoms with van der Waals surface area (Å²) in [4.78, 5) is 30.4. The predicted octanol–water partition coefficient (Wildman–Crippen LogP) is 4.61. The summed E-state index contributed by atoms with van der Waals surface area (Å²) in [7, 11) is 1.55. The van der Waals surface area contributed by atoms with Crippen LogP contribution in [0.4, 0.5) is 10.1 Å². The number of nitrogens with one attached hydrogen (secondary N) is 1. The fourth-order valence-electron chi connectivity index (χ4n) is 4.90. The van der Waals surface area contributed by atoms with E-state index in [1.807, 2.05) is 0 Å². The lowest BCUT2D eigenvalue weighted by atomic mass is 9.95. The second-order valence-corrected chi connectivity index (χ2v) is 9.81. The third-order valence-corrected chi connectivity index (χ3v) is 6.94. The number of aromatic nitrogens is 4. The van der Waals surface area contributed by atoms with Crippen LogP contribution in [0.25, 0.3) is 11.4 Å². The first kappa shape index (κ1) is 27.0. The topological polar surface area (TPSA) is 115 Å². The lowest BCUT2D eigenvalue weighted by Gasteiger charge is -2.32. The first-order chi connectivity index (χ1) is 19.4. The van der Waals surface area contributed by atoms with Crippen LogP contribution in [0.5, 0.6) is 5.75 Å². The molecule has 2 aromatic carbocycles. The van der Waals surface area contributed by atoms with Gasteiger partial charge in [0.1, 0.15) is 29.6 Å². The molecule has 2 aromatic heterocycles. The molecule has 0 aliphatic heterocycles. The highest BCUT2D eigenvalue weighted by molar-refractivity contribution is 6.01. The van der Waals surface area contributed by atoms with E-state index >= 15 is 0 Å². The highest BCUT2D eigenvalue weighted by atomic mass is 19.1. The lowest BCUT2D eigenvalue weighted by molar-refractivity contribution is -0.128. The van der Waals surface area contributed by atoms with Gasteiger partial charge in [0.25, 0.3) is 11.8 Å². The molecule has 40 heavy (non-hydrogen) atoms. The number of carbonyl (C=O) groups excluding carboxylic acids is 2. The largest absolute Gasteiger partial charge is 0.497 e. The molecule has 1 aliphatic carbocycles. The third kappa shape index (κ3) is 6.19. The number of methoxy groups -OCH3 is 1. The number of furan rings is 1. The molecule has 0 spiro atoms. The van der Waals surface area contributed by atoms with E-state index in [4.69, 9.17) is 9.15 Å². The minimum absolute atomic E-state index is 0.0304. The van der Waals surface area contributed by atoms with Gasteiger partial charge in [-0.1, -0.05) is 19.3 Å². The number of rotatable bonds is 9. The molecule has 11 heteroatoms. The van der Waals surface area contributed by atoms with E-state index < -0.39 is 11.9 Å². The van der Waals surface area contributed by atoms with Gasteiger partial charge in [0.2, 0.25) is 5.82 Å². The van der Waals surface area contributed by atoms with Gasteiger partial charge in [-0.15, -0.1) is 10.2 Å². The number of hydrogen-bond donors (Lipinski definition) is 1. The molecule has 1 saturated carbocycles. The number of ether oxygens (including phenoxy) is 1.